The Hall–Kier alpha value is -2.88. The molecule has 0 aliphatic carbocycles. The molecule has 32 heavy (non-hydrogen) atoms. The molecule has 3 aromatic heterocycles. The zero-order valence-corrected chi connectivity index (χ0v) is 20.0. The van der Waals surface area contributed by atoms with Crippen LogP contribution in [0.15, 0.2) is 69.8 Å². The van der Waals surface area contributed by atoms with Crippen LogP contribution in [0.4, 0.5) is 5.69 Å². The average Bonchev–Trinajstić information content (AvgIpc) is 3.46. The second-order valence-corrected chi connectivity index (χ2v) is 10.00. The summed E-state index contributed by atoms with van der Waals surface area (Å²) in [6, 6.07) is 11.1. The molecule has 0 spiro atoms. The molecule has 9 heteroatoms. The third kappa shape index (κ3) is 4.50. The van der Waals surface area contributed by atoms with E-state index in [1.165, 1.54) is 23.1 Å². The Labute approximate surface area is 197 Å². The predicted molar refractivity (Wildman–Crippen MR) is 134 cm³/mol. The lowest BCUT2D eigenvalue weighted by Crippen LogP contribution is -2.26. The number of thioether (sulfide) groups is 1. The molecule has 164 valence electrons. The van der Waals surface area contributed by atoms with Gasteiger partial charge in [0.05, 0.1) is 17.7 Å². The van der Waals surface area contributed by atoms with Gasteiger partial charge in [-0.15, -0.1) is 29.3 Å². The van der Waals surface area contributed by atoms with Crippen molar-refractivity contribution < 1.29 is 9.53 Å². The van der Waals surface area contributed by atoms with Gasteiger partial charge in [-0.05, 0) is 42.6 Å². The number of anilines is 1. The highest BCUT2D eigenvalue weighted by Gasteiger charge is 2.21. The van der Waals surface area contributed by atoms with Crippen molar-refractivity contribution >= 4 is 56.2 Å². The van der Waals surface area contributed by atoms with Gasteiger partial charge in [0.1, 0.15) is 10.6 Å². The van der Waals surface area contributed by atoms with Crippen LogP contribution in [-0.2, 0) is 11.3 Å². The van der Waals surface area contributed by atoms with E-state index >= 15 is 0 Å². The van der Waals surface area contributed by atoms with E-state index in [1.807, 2.05) is 22.9 Å². The molecule has 0 aliphatic rings. The molecule has 0 bridgehead atoms. The van der Waals surface area contributed by atoms with E-state index in [4.69, 9.17) is 9.72 Å². The Kier molecular flexibility index (Phi) is 6.78. The molecule has 0 aliphatic heterocycles. The van der Waals surface area contributed by atoms with Crippen LogP contribution in [0, 0.1) is 0 Å². The van der Waals surface area contributed by atoms with Crippen molar-refractivity contribution in [2.45, 2.75) is 23.9 Å². The number of rotatable bonds is 8. The van der Waals surface area contributed by atoms with Crippen molar-refractivity contribution in [3.05, 3.63) is 70.2 Å². The van der Waals surface area contributed by atoms with E-state index in [0.29, 0.717) is 33.4 Å². The number of aromatic nitrogens is 2. The first-order chi connectivity index (χ1) is 15.5. The molecule has 0 fully saturated rings. The Balaban J connectivity index is 1.62. The molecule has 1 N–H and O–H groups in total. The molecule has 6 nitrogen and oxygen atoms in total. The maximum atomic E-state index is 13.4. The van der Waals surface area contributed by atoms with Gasteiger partial charge in [0, 0.05) is 28.1 Å². The smallest absolute Gasteiger partial charge is 0.263 e. The monoisotopic (exact) mass is 483 g/mol. The van der Waals surface area contributed by atoms with E-state index in [-0.39, 0.29) is 11.5 Å². The summed E-state index contributed by atoms with van der Waals surface area (Å²) < 4.78 is 6.73. The van der Waals surface area contributed by atoms with Gasteiger partial charge < -0.3 is 10.1 Å². The molecule has 4 aromatic rings. The van der Waals surface area contributed by atoms with Crippen LogP contribution >= 0.6 is 34.4 Å². The summed E-state index contributed by atoms with van der Waals surface area (Å²) in [5, 5.41) is 7.50. The maximum absolute atomic E-state index is 13.4. The predicted octanol–water partition coefficient (Wildman–Crippen LogP) is 5.50. The summed E-state index contributed by atoms with van der Waals surface area (Å²) in [6.45, 7) is 5.89. The van der Waals surface area contributed by atoms with Crippen molar-refractivity contribution in [1.29, 1.82) is 0 Å². The Morgan fingerprint density at radius 3 is 2.75 bits per heavy atom. The minimum atomic E-state index is -0.464. The first-order valence-electron chi connectivity index (χ1n) is 9.80. The second kappa shape index (κ2) is 9.72. The molecule has 1 amide bonds. The van der Waals surface area contributed by atoms with Crippen LogP contribution in [0.5, 0.6) is 5.75 Å². The zero-order valence-electron chi connectivity index (χ0n) is 17.5. The van der Waals surface area contributed by atoms with Crippen molar-refractivity contribution in [2.24, 2.45) is 0 Å². The highest BCUT2D eigenvalue weighted by molar-refractivity contribution is 8.00. The molecule has 1 atom stereocenters. The highest BCUT2D eigenvalue weighted by atomic mass is 32.2. The maximum Gasteiger partial charge on any atom is 0.263 e. The summed E-state index contributed by atoms with van der Waals surface area (Å²) in [4.78, 5) is 32.6. The van der Waals surface area contributed by atoms with E-state index in [1.54, 1.807) is 60.3 Å². The van der Waals surface area contributed by atoms with E-state index < -0.39 is 5.25 Å². The van der Waals surface area contributed by atoms with Crippen LogP contribution < -0.4 is 15.6 Å². The van der Waals surface area contributed by atoms with Crippen molar-refractivity contribution in [2.75, 3.05) is 12.4 Å². The minimum Gasteiger partial charge on any atom is -0.497 e. The molecule has 1 aromatic carbocycles. The highest BCUT2D eigenvalue weighted by Crippen LogP contribution is 2.35. The van der Waals surface area contributed by atoms with Crippen LogP contribution in [0.2, 0.25) is 0 Å². The molecule has 1 unspecified atom stereocenters. The number of methoxy groups -OCH3 is 1. The number of fused-ring (bicyclic) bond motifs is 1. The van der Waals surface area contributed by atoms with E-state index in [9.17, 15) is 9.59 Å². The van der Waals surface area contributed by atoms with Gasteiger partial charge in [-0.1, -0.05) is 23.9 Å². The van der Waals surface area contributed by atoms with Gasteiger partial charge in [-0.3, -0.25) is 14.2 Å². The molecular weight excluding hydrogens is 462 g/mol. The Morgan fingerprint density at radius 2 is 2.09 bits per heavy atom. The summed E-state index contributed by atoms with van der Waals surface area (Å²) in [5.41, 5.74) is 1.45. The number of allylic oxidation sites excluding steroid dienone is 1. The van der Waals surface area contributed by atoms with Crippen LogP contribution in [0.3, 0.4) is 0 Å². The Morgan fingerprint density at radius 1 is 1.31 bits per heavy atom. The van der Waals surface area contributed by atoms with Gasteiger partial charge in [0.2, 0.25) is 5.91 Å². The SMILES string of the molecule is C=CCn1c(SC(C)C(=O)Nc2ccc(OC)cc2)nc2scc(-c3cccs3)c2c1=O. The normalized spacial score (nSPS) is 11.9. The number of thiophene rings is 2. The van der Waals surface area contributed by atoms with Gasteiger partial charge >= 0.3 is 0 Å². The third-order valence-electron chi connectivity index (χ3n) is 4.77. The van der Waals surface area contributed by atoms with Gasteiger partial charge in [0.25, 0.3) is 5.56 Å². The molecule has 3 heterocycles. The van der Waals surface area contributed by atoms with Crippen molar-refractivity contribution in [1.82, 2.24) is 9.55 Å². The topological polar surface area (TPSA) is 73.2 Å². The van der Waals surface area contributed by atoms with Crippen LogP contribution in [0.1, 0.15) is 6.92 Å². The summed E-state index contributed by atoms with van der Waals surface area (Å²) in [6.07, 6.45) is 1.66. The van der Waals surface area contributed by atoms with Crippen LogP contribution in [-0.4, -0.2) is 27.8 Å². The molecule has 0 saturated heterocycles. The fraction of sp³-hybridized carbons (Fsp3) is 0.174. The standard InChI is InChI=1S/C23H21N3O3S3/c1-4-11-26-22(28)19-17(18-6-5-12-30-18)13-31-21(19)25-23(26)32-14(2)20(27)24-15-7-9-16(29-3)10-8-15/h4-10,12-14H,1,11H2,2-3H3,(H,24,27). The molecule has 0 saturated carbocycles. The minimum absolute atomic E-state index is 0.121. The lowest BCUT2D eigenvalue weighted by atomic mass is 10.2. The van der Waals surface area contributed by atoms with Gasteiger partial charge in [-0.2, -0.15) is 0 Å². The number of nitrogens with zero attached hydrogens (tertiary/aromatic N) is 2. The second-order valence-electron chi connectivity index (χ2n) is 6.88. The summed E-state index contributed by atoms with van der Waals surface area (Å²) in [5.74, 6) is 0.541. The Bertz CT molecular complexity index is 1310. The average molecular weight is 484 g/mol. The summed E-state index contributed by atoms with van der Waals surface area (Å²) in [7, 11) is 1.59. The van der Waals surface area contributed by atoms with Crippen molar-refractivity contribution in [3.63, 3.8) is 0 Å². The van der Waals surface area contributed by atoms with E-state index in [0.717, 1.165) is 10.4 Å². The quantitative estimate of drug-likeness (QED) is 0.203. The zero-order chi connectivity index (χ0) is 22.7. The fourth-order valence-electron chi connectivity index (χ4n) is 3.13. The first kappa shape index (κ1) is 22.3. The molecule has 0 radical (unpaired) electrons. The number of benzene rings is 1. The molecule has 4 rings (SSSR count). The number of carbonyl (C=O) groups excluding carboxylic acids is 1. The first-order valence-corrected chi connectivity index (χ1v) is 12.4. The number of hydrogen-bond donors (Lipinski definition) is 1. The number of hydrogen-bond acceptors (Lipinski definition) is 7. The fourth-order valence-corrected chi connectivity index (χ4v) is 5.85. The number of amides is 1. The van der Waals surface area contributed by atoms with Gasteiger partial charge in [0.15, 0.2) is 5.16 Å². The van der Waals surface area contributed by atoms with Gasteiger partial charge in [-0.25, -0.2) is 4.98 Å². The number of ether oxygens (including phenoxy) is 1. The molecular formula is C23H21N3O3S3. The largest absolute Gasteiger partial charge is 0.497 e. The number of nitrogens with one attached hydrogen (secondary N) is 1. The lowest BCUT2D eigenvalue weighted by molar-refractivity contribution is -0.115. The summed E-state index contributed by atoms with van der Waals surface area (Å²) >= 11 is 4.29. The third-order valence-corrected chi connectivity index (χ3v) is 7.63. The van der Waals surface area contributed by atoms with Crippen LogP contribution in [0.25, 0.3) is 20.7 Å². The lowest BCUT2D eigenvalue weighted by Gasteiger charge is -2.15. The van der Waals surface area contributed by atoms with E-state index in [2.05, 4.69) is 11.9 Å². The number of carbonyl (C=O) groups is 1. The van der Waals surface area contributed by atoms with Crippen molar-refractivity contribution in [3.8, 4) is 16.2 Å².